The Bertz CT molecular complexity index is 519. The molecule has 1 atom stereocenters. The molecule has 1 heterocycles. The Balaban J connectivity index is 1.73. The minimum atomic E-state index is -0.359. The highest BCUT2D eigenvalue weighted by Crippen LogP contribution is 2.13. The Morgan fingerprint density at radius 1 is 1.21 bits per heavy atom. The van der Waals surface area contributed by atoms with Crippen LogP contribution in [0.3, 0.4) is 0 Å². The zero-order valence-electron chi connectivity index (χ0n) is 14.3. The standard InChI is InChI=1S/C18H27F2N3O/c1-15(18(24)21-17-7-5-6-16(20)14-17)23-12-10-22(11-13-23)9-4-2-3-8-19/h5-7,14-15H,2-4,8-13H2,1H3,(H,21,24). The molecule has 1 aromatic carbocycles. The second-order valence-corrected chi connectivity index (χ2v) is 6.30. The Kier molecular flexibility index (Phi) is 7.59. The Morgan fingerprint density at radius 2 is 1.96 bits per heavy atom. The van der Waals surface area contributed by atoms with Gasteiger partial charge in [0.25, 0.3) is 0 Å². The Hall–Kier alpha value is -1.53. The van der Waals surface area contributed by atoms with Crippen molar-refractivity contribution in [1.29, 1.82) is 0 Å². The number of amides is 1. The van der Waals surface area contributed by atoms with Crippen molar-refractivity contribution < 1.29 is 13.6 Å². The van der Waals surface area contributed by atoms with Crippen molar-refractivity contribution in [3.05, 3.63) is 30.1 Å². The van der Waals surface area contributed by atoms with E-state index in [1.165, 1.54) is 12.1 Å². The molecule has 1 fully saturated rings. The third-order valence-corrected chi connectivity index (χ3v) is 4.53. The van der Waals surface area contributed by atoms with E-state index in [-0.39, 0.29) is 24.4 Å². The maximum absolute atomic E-state index is 13.2. The summed E-state index contributed by atoms with van der Waals surface area (Å²) >= 11 is 0. The van der Waals surface area contributed by atoms with Crippen LogP contribution in [0.5, 0.6) is 0 Å². The Morgan fingerprint density at radius 3 is 2.62 bits per heavy atom. The number of carbonyl (C=O) groups excluding carboxylic acids is 1. The lowest BCUT2D eigenvalue weighted by Crippen LogP contribution is -2.52. The summed E-state index contributed by atoms with van der Waals surface area (Å²) in [5, 5.41) is 2.77. The first-order chi connectivity index (χ1) is 11.6. The first-order valence-electron chi connectivity index (χ1n) is 8.69. The normalized spacial score (nSPS) is 17.6. The highest BCUT2D eigenvalue weighted by Gasteiger charge is 2.25. The zero-order chi connectivity index (χ0) is 17.4. The van der Waals surface area contributed by atoms with Crippen LogP contribution in [-0.4, -0.2) is 61.1 Å². The quantitative estimate of drug-likeness (QED) is 0.740. The van der Waals surface area contributed by atoms with E-state index in [9.17, 15) is 13.6 Å². The van der Waals surface area contributed by atoms with Crippen LogP contribution in [0.25, 0.3) is 0 Å². The largest absolute Gasteiger partial charge is 0.325 e. The molecule has 2 rings (SSSR count). The molecule has 0 saturated carbocycles. The van der Waals surface area contributed by atoms with Crippen LogP contribution >= 0.6 is 0 Å². The number of rotatable bonds is 8. The van der Waals surface area contributed by atoms with Crippen LogP contribution in [0.15, 0.2) is 24.3 Å². The molecule has 0 aliphatic carbocycles. The fourth-order valence-electron chi connectivity index (χ4n) is 2.96. The number of unbranched alkanes of at least 4 members (excludes halogenated alkanes) is 2. The molecule has 0 bridgehead atoms. The van der Waals surface area contributed by atoms with Gasteiger partial charge in [-0.1, -0.05) is 6.07 Å². The van der Waals surface area contributed by atoms with Gasteiger partial charge in [0.1, 0.15) is 5.82 Å². The molecule has 1 aliphatic rings. The summed E-state index contributed by atoms with van der Waals surface area (Å²) in [6, 6.07) is 5.69. The van der Waals surface area contributed by atoms with Gasteiger partial charge in [0, 0.05) is 31.9 Å². The van der Waals surface area contributed by atoms with Crippen LogP contribution in [-0.2, 0) is 4.79 Å². The molecule has 1 saturated heterocycles. The minimum absolute atomic E-state index is 0.114. The molecule has 1 aromatic rings. The van der Waals surface area contributed by atoms with Gasteiger partial charge in [-0.15, -0.1) is 0 Å². The van der Waals surface area contributed by atoms with Gasteiger partial charge >= 0.3 is 0 Å². The number of alkyl halides is 1. The van der Waals surface area contributed by atoms with E-state index >= 15 is 0 Å². The van der Waals surface area contributed by atoms with Crippen LogP contribution < -0.4 is 5.32 Å². The van der Waals surface area contributed by atoms with Crippen LogP contribution in [0.1, 0.15) is 26.2 Å². The summed E-state index contributed by atoms with van der Waals surface area (Å²) in [6.45, 7) is 6.16. The molecule has 24 heavy (non-hydrogen) atoms. The predicted molar refractivity (Wildman–Crippen MR) is 92.3 cm³/mol. The summed E-state index contributed by atoms with van der Waals surface area (Å²) in [6.07, 6.45) is 2.61. The fourth-order valence-corrected chi connectivity index (χ4v) is 2.96. The number of hydrogen-bond donors (Lipinski definition) is 1. The van der Waals surface area contributed by atoms with Crippen molar-refractivity contribution in [1.82, 2.24) is 9.80 Å². The van der Waals surface area contributed by atoms with E-state index in [4.69, 9.17) is 0 Å². The summed E-state index contributed by atoms with van der Waals surface area (Å²) < 4.78 is 25.3. The third-order valence-electron chi connectivity index (χ3n) is 4.53. The lowest BCUT2D eigenvalue weighted by molar-refractivity contribution is -0.121. The number of nitrogens with zero attached hydrogens (tertiary/aromatic N) is 2. The SMILES string of the molecule is CC(C(=O)Nc1cccc(F)c1)N1CCN(CCCCCF)CC1. The summed E-state index contributed by atoms with van der Waals surface area (Å²) in [7, 11) is 0. The predicted octanol–water partition coefficient (Wildman–Crippen LogP) is 2.91. The minimum Gasteiger partial charge on any atom is -0.325 e. The molecule has 1 N–H and O–H groups in total. The van der Waals surface area contributed by atoms with E-state index in [1.54, 1.807) is 12.1 Å². The highest BCUT2D eigenvalue weighted by atomic mass is 19.1. The Labute approximate surface area is 142 Å². The number of nitrogens with one attached hydrogen (secondary N) is 1. The number of benzene rings is 1. The molecule has 0 aromatic heterocycles. The maximum atomic E-state index is 13.2. The van der Waals surface area contributed by atoms with Gasteiger partial charge in [-0.2, -0.15) is 0 Å². The second-order valence-electron chi connectivity index (χ2n) is 6.30. The molecule has 6 heteroatoms. The summed E-state index contributed by atoms with van der Waals surface area (Å²) in [5.74, 6) is -0.473. The lowest BCUT2D eigenvalue weighted by Gasteiger charge is -2.37. The number of piperazine rings is 1. The lowest BCUT2D eigenvalue weighted by atomic mass is 10.2. The van der Waals surface area contributed by atoms with E-state index in [0.717, 1.165) is 45.6 Å². The summed E-state index contributed by atoms with van der Waals surface area (Å²) in [4.78, 5) is 16.8. The van der Waals surface area contributed by atoms with Crippen molar-refractivity contribution in [2.45, 2.75) is 32.2 Å². The molecule has 1 amide bonds. The number of anilines is 1. The van der Waals surface area contributed by atoms with Gasteiger partial charge in [-0.3, -0.25) is 14.1 Å². The van der Waals surface area contributed by atoms with Crippen LogP contribution in [0.2, 0.25) is 0 Å². The molecular weight excluding hydrogens is 312 g/mol. The van der Waals surface area contributed by atoms with Crippen molar-refractivity contribution in [2.24, 2.45) is 0 Å². The summed E-state index contributed by atoms with van der Waals surface area (Å²) in [5.41, 5.74) is 0.485. The first-order valence-corrected chi connectivity index (χ1v) is 8.69. The van der Waals surface area contributed by atoms with Gasteiger partial charge in [0.2, 0.25) is 5.91 Å². The fraction of sp³-hybridized carbons (Fsp3) is 0.611. The molecule has 1 unspecified atom stereocenters. The van der Waals surface area contributed by atoms with E-state index in [0.29, 0.717) is 12.1 Å². The third kappa shape index (κ3) is 5.83. The molecule has 0 spiro atoms. The number of halogens is 2. The average Bonchev–Trinajstić information content (AvgIpc) is 2.58. The smallest absolute Gasteiger partial charge is 0.241 e. The highest BCUT2D eigenvalue weighted by molar-refractivity contribution is 5.94. The van der Waals surface area contributed by atoms with Crippen molar-refractivity contribution in [3.63, 3.8) is 0 Å². The maximum Gasteiger partial charge on any atom is 0.241 e. The monoisotopic (exact) mass is 339 g/mol. The van der Waals surface area contributed by atoms with Gasteiger partial charge in [-0.25, -0.2) is 4.39 Å². The van der Waals surface area contributed by atoms with Crippen molar-refractivity contribution in [3.8, 4) is 0 Å². The van der Waals surface area contributed by atoms with E-state index in [2.05, 4.69) is 15.1 Å². The van der Waals surface area contributed by atoms with Gasteiger partial charge in [0.05, 0.1) is 12.7 Å². The van der Waals surface area contributed by atoms with E-state index < -0.39 is 0 Å². The topological polar surface area (TPSA) is 35.6 Å². The molecule has 0 radical (unpaired) electrons. The van der Waals surface area contributed by atoms with Crippen LogP contribution in [0, 0.1) is 5.82 Å². The van der Waals surface area contributed by atoms with E-state index in [1.807, 2.05) is 6.92 Å². The van der Waals surface area contributed by atoms with Gasteiger partial charge in [-0.05, 0) is 50.9 Å². The molecule has 1 aliphatic heterocycles. The van der Waals surface area contributed by atoms with Gasteiger partial charge < -0.3 is 10.2 Å². The van der Waals surface area contributed by atoms with Crippen molar-refractivity contribution >= 4 is 11.6 Å². The van der Waals surface area contributed by atoms with Gasteiger partial charge in [0.15, 0.2) is 0 Å². The average molecular weight is 339 g/mol. The molecule has 4 nitrogen and oxygen atoms in total. The van der Waals surface area contributed by atoms with Crippen LogP contribution in [0.4, 0.5) is 14.5 Å². The van der Waals surface area contributed by atoms with Crippen molar-refractivity contribution in [2.75, 3.05) is 44.7 Å². The first kappa shape index (κ1) is 18.8. The zero-order valence-corrected chi connectivity index (χ0v) is 14.3. The number of carbonyl (C=O) groups is 1. The molecular formula is C18H27F2N3O. The molecule has 134 valence electrons. The number of hydrogen-bond acceptors (Lipinski definition) is 3. The second kappa shape index (κ2) is 9.69.